The Morgan fingerprint density at radius 3 is 2.72 bits per heavy atom. The Bertz CT molecular complexity index is 757. The summed E-state index contributed by atoms with van der Waals surface area (Å²) in [5.74, 6) is -0.913. The van der Waals surface area contributed by atoms with Crippen LogP contribution in [0, 0.1) is 0 Å². The zero-order chi connectivity index (χ0) is 17.8. The number of amides is 1. The van der Waals surface area contributed by atoms with Crippen LogP contribution in [0.25, 0.3) is 5.69 Å². The zero-order valence-corrected chi connectivity index (χ0v) is 14.5. The fourth-order valence-corrected chi connectivity index (χ4v) is 3.32. The molecule has 1 atom stereocenters. The number of carboxylic acid groups (broad SMARTS) is 1. The average molecular weight is 362 g/mol. The molecule has 1 N–H and O–H groups in total. The smallest absolute Gasteiger partial charge is 0.303 e. The van der Waals surface area contributed by atoms with Crippen LogP contribution >= 0.6 is 11.6 Å². The van der Waals surface area contributed by atoms with E-state index in [9.17, 15) is 9.59 Å². The molecule has 2 aromatic rings. The molecule has 0 bridgehead atoms. The molecule has 25 heavy (non-hydrogen) atoms. The molecule has 0 spiro atoms. The highest BCUT2D eigenvalue weighted by atomic mass is 35.5. The molecule has 1 unspecified atom stereocenters. The van der Waals surface area contributed by atoms with Gasteiger partial charge in [-0.05, 0) is 49.9 Å². The topological polar surface area (TPSA) is 75.4 Å². The molecule has 1 aliphatic rings. The summed E-state index contributed by atoms with van der Waals surface area (Å²) in [6.07, 6.45) is 6.65. The number of benzene rings is 1. The van der Waals surface area contributed by atoms with E-state index in [0.29, 0.717) is 23.6 Å². The molecule has 1 aromatic carbocycles. The van der Waals surface area contributed by atoms with Gasteiger partial charge in [0.1, 0.15) is 0 Å². The Hall–Kier alpha value is -2.34. The molecule has 1 aliphatic heterocycles. The van der Waals surface area contributed by atoms with E-state index in [0.717, 1.165) is 24.9 Å². The van der Waals surface area contributed by atoms with Crippen molar-refractivity contribution in [1.82, 2.24) is 14.7 Å². The summed E-state index contributed by atoms with van der Waals surface area (Å²) < 4.78 is 1.64. The van der Waals surface area contributed by atoms with E-state index in [2.05, 4.69) is 5.10 Å². The van der Waals surface area contributed by atoms with Crippen LogP contribution in [-0.2, 0) is 4.79 Å². The molecule has 132 valence electrons. The largest absolute Gasteiger partial charge is 0.481 e. The summed E-state index contributed by atoms with van der Waals surface area (Å²) in [7, 11) is 0. The first-order valence-corrected chi connectivity index (χ1v) is 8.76. The van der Waals surface area contributed by atoms with Gasteiger partial charge in [-0.2, -0.15) is 5.10 Å². The first-order chi connectivity index (χ1) is 12.0. The number of nitrogens with zero attached hydrogens (tertiary/aromatic N) is 3. The van der Waals surface area contributed by atoms with E-state index in [-0.39, 0.29) is 18.4 Å². The van der Waals surface area contributed by atoms with Crippen molar-refractivity contribution >= 4 is 23.5 Å². The Labute approximate surface area is 151 Å². The van der Waals surface area contributed by atoms with E-state index < -0.39 is 5.97 Å². The van der Waals surface area contributed by atoms with Crippen molar-refractivity contribution in [2.75, 3.05) is 6.54 Å². The van der Waals surface area contributed by atoms with Crippen molar-refractivity contribution in [3.05, 3.63) is 47.2 Å². The van der Waals surface area contributed by atoms with Gasteiger partial charge in [-0.25, -0.2) is 4.68 Å². The van der Waals surface area contributed by atoms with Gasteiger partial charge >= 0.3 is 5.97 Å². The van der Waals surface area contributed by atoms with Crippen LogP contribution in [0.15, 0.2) is 36.7 Å². The zero-order valence-electron chi connectivity index (χ0n) is 13.8. The molecular weight excluding hydrogens is 342 g/mol. The van der Waals surface area contributed by atoms with Crippen LogP contribution in [0.2, 0.25) is 5.02 Å². The van der Waals surface area contributed by atoms with E-state index in [1.54, 1.807) is 34.1 Å². The number of piperidine rings is 1. The summed E-state index contributed by atoms with van der Waals surface area (Å²) in [5.41, 5.74) is 1.33. The second-order valence-electron chi connectivity index (χ2n) is 6.23. The second-order valence-corrected chi connectivity index (χ2v) is 6.67. The molecule has 0 aliphatic carbocycles. The van der Waals surface area contributed by atoms with Crippen LogP contribution in [0.1, 0.15) is 42.5 Å². The molecule has 3 rings (SSSR count). The number of aliphatic carboxylic acids is 1. The SMILES string of the molecule is O=C(O)CCC1CCCCN1C(=O)c1cnn(-c2ccc(Cl)cc2)c1. The molecule has 1 saturated heterocycles. The molecule has 1 aromatic heterocycles. The minimum atomic E-state index is -0.825. The van der Waals surface area contributed by atoms with Crippen molar-refractivity contribution in [2.45, 2.75) is 38.1 Å². The van der Waals surface area contributed by atoms with Gasteiger partial charge in [0.05, 0.1) is 17.4 Å². The minimum Gasteiger partial charge on any atom is -0.481 e. The molecule has 0 radical (unpaired) electrons. The lowest BCUT2D eigenvalue weighted by Gasteiger charge is -2.35. The van der Waals surface area contributed by atoms with Gasteiger partial charge < -0.3 is 10.0 Å². The second kappa shape index (κ2) is 7.70. The third-order valence-electron chi connectivity index (χ3n) is 4.50. The summed E-state index contributed by atoms with van der Waals surface area (Å²) in [6, 6.07) is 7.19. The fraction of sp³-hybridized carbons (Fsp3) is 0.389. The predicted octanol–water partition coefficient (Wildman–Crippen LogP) is 3.39. The van der Waals surface area contributed by atoms with Crippen LogP contribution in [0.4, 0.5) is 0 Å². The molecule has 1 fully saturated rings. The quantitative estimate of drug-likeness (QED) is 0.885. The standard InChI is InChI=1S/C18H20ClN3O3/c19-14-4-6-16(7-5-14)22-12-13(11-20-22)18(25)21-10-2-1-3-15(21)8-9-17(23)24/h4-7,11-12,15H,1-3,8-10H2,(H,23,24). The van der Waals surface area contributed by atoms with Crippen LogP contribution in [0.5, 0.6) is 0 Å². The van der Waals surface area contributed by atoms with Gasteiger partial charge in [0, 0.05) is 30.2 Å². The van der Waals surface area contributed by atoms with E-state index in [1.807, 2.05) is 12.1 Å². The van der Waals surface area contributed by atoms with E-state index in [1.165, 1.54) is 0 Å². The van der Waals surface area contributed by atoms with E-state index >= 15 is 0 Å². The third kappa shape index (κ3) is 4.20. The van der Waals surface area contributed by atoms with Crippen molar-refractivity contribution in [2.24, 2.45) is 0 Å². The van der Waals surface area contributed by atoms with Crippen molar-refractivity contribution < 1.29 is 14.7 Å². The lowest BCUT2D eigenvalue weighted by atomic mass is 9.97. The Morgan fingerprint density at radius 1 is 1.24 bits per heavy atom. The number of likely N-dealkylation sites (tertiary alicyclic amines) is 1. The Balaban J connectivity index is 1.75. The summed E-state index contributed by atoms with van der Waals surface area (Å²) in [6.45, 7) is 0.662. The van der Waals surface area contributed by atoms with Gasteiger partial charge in [-0.3, -0.25) is 9.59 Å². The average Bonchev–Trinajstić information content (AvgIpc) is 3.10. The highest BCUT2D eigenvalue weighted by Crippen LogP contribution is 2.23. The maximum Gasteiger partial charge on any atom is 0.303 e. The van der Waals surface area contributed by atoms with Gasteiger partial charge in [0.15, 0.2) is 0 Å². The van der Waals surface area contributed by atoms with Gasteiger partial charge in [0.2, 0.25) is 0 Å². The third-order valence-corrected chi connectivity index (χ3v) is 4.75. The number of hydrogen-bond acceptors (Lipinski definition) is 3. The molecule has 2 heterocycles. The maximum absolute atomic E-state index is 12.9. The normalized spacial score (nSPS) is 17.5. The molecule has 0 saturated carbocycles. The van der Waals surface area contributed by atoms with Crippen molar-refractivity contribution in [3.63, 3.8) is 0 Å². The van der Waals surface area contributed by atoms with Crippen LogP contribution in [0.3, 0.4) is 0 Å². The van der Waals surface area contributed by atoms with Gasteiger partial charge in [-0.1, -0.05) is 11.6 Å². The van der Waals surface area contributed by atoms with Gasteiger partial charge in [0.25, 0.3) is 5.91 Å². The summed E-state index contributed by atoms with van der Waals surface area (Å²) in [4.78, 5) is 25.5. The molecule has 1 amide bonds. The van der Waals surface area contributed by atoms with Crippen LogP contribution < -0.4 is 0 Å². The van der Waals surface area contributed by atoms with Crippen molar-refractivity contribution in [1.29, 1.82) is 0 Å². The number of aromatic nitrogens is 2. The first-order valence-electron chi connectivity index (χ1n) is 8.38. The van der Waals surface area contributed by atoms with Crippen LogP contribution in [-0.4, -0.2) is 44.3 Å². The lowest BCUT2D eigenvalue weighted by Crippen LogP contribution is -2.43. The predicted molar refractivity (Wildman–Crippen MR) is 94.1 cm³/mol. The monoisotopic (exact) mass is 361 g/mol. The summed E-state index contributed by atoms with van der Waals surface area (Å²) >= 11 is 5.89. The molecular formula is C18H20ClN3O3. The highest BCUT2D eigenvalue weighted by Gasteiger charge is 2.28. The number of halogens is 1. The number of rotatable bonds is 5. The fourth-order valence-electron chi connectivity index (χ4n) is 3.19. The maximum atomic E-state index is 12.9. The first kappa shape index (κ1) is 17.5. The van der Waals surface area contributed by atoms with Gasteiger partial charge in [-0.15, -0.1) is 0 Å². The number of carboxylic acids is 1. The number of hydrogen-bond donors (Lipinski definition) is 1. The molecule has 6 nitrogen and oxygen atoms in total. The minimum absolute atomic E-state index is 0.0174. The number of carbonyl (C=O) groups excluding carboxylic acids is 1. The van der Waals surface area contributed by atoms with E-state index in [4.69, 9.17) is 16.7 Å². The lowest BCUT2D eigenvalue weighted by molar-refractivity contribution is -0.137. The molecule has 7 heteroatoms. The Morgan fingerprint density at radius 2 is 2.00 bits per heavy atom. The highest BCUT2D eigenvalue weighted by molar-refractivity contribution is 6.30. The number of carbonyl (C=O) groups is 2. The van der Waals surface area contributed by atoms with Crippen molar-refractivity contribution in [3.8, 4) is 5.69 Å². The summed E-state index contributed by atoms with van der Waals surface area (Å²) in [5, 5.41) is 13.8. The Kier molecular flexibility index (Phi) is 5.38.